The number of nitrogens with zero attached hydrogens (tertiary/aromatic N) is 10. The van der Waals surface area contributed by atoms with Gasteiger partial charge in [0.2, 0.25) is 0 Å². The summed E-state index contributed by atoms with van der Waals surface area (Å²) in [6.45, 7) is 1.42. The smallest absolute Gasteiger partial charge is 0.333 e. The van der Waals surface area contributed by atoms with Gasteiger partial charge in [-0.1, -0.05) is 10.2 Å². The highest BCUT2D eigenvalue weighted by Gasteiger charge is 2.37. The molecule has 0 radical (unpaired) electrons. The third-order valence-electron chi connectivity index (χ3n) is 7.07. The van der Waals surface area contributed by atoms with E-state index in [1.165, 1.54) is 26.2 Å². The number of ether oxygens (including phenoxy) is 2. The molecule has 6 atom stereocenters. The van der Waals surface area contributed by atoms with Crippen LogP contribution in [0, 0.1) is 13.8 Å². The van der Waals surface area contributed by atoms with E-state index in [0.29, 0.717) is 0 Å². The van der Waals surface area contributed by atoms with Crippen molar-refractivity contribution in [2.75, 3.05) is 13.2 Å². The van der Waals surface area contributed by atoms with Crippen LogP contribution in [0.25, 0.3) is 20.9 Å². The minimum atomic E-state index is -0.923. The van der Waals surface area contributed by atoms with Gasteiger partial charge in [-0.15, -0.1) is 0 Å². The van der Waals surface area contributed by atoms with E-state index in [1.807, 2.05) is 0 Å². The quantitative estimate of drug-likeness (QED) is 0.231. The third-order valence-corrected chi connectivity index (χ3v) is 7.07. The first kappa shape index (κ1) is 28.8. The van der Waals surface area contributed by atoms with Crippen LogP contribution in [-0.4, -0.2) is 66.0 Å². The Morgan fingerprint density at radius 1 is 0.800 bits per heavy atom. The molecule has 18 heteroatoms. The van der Waals surface area contributed by atoms with E-state index in [9.17, 15) is 29.4 Å². The number of aromatic nitrogens is 4. The molecule has 0 bridgehead atoms. The molecule has 4 heterocycles. The molecule has 0 aromatic carbocycles. The zero-order valence-electron chi connectivity index (χ0n) is 21.7. The van der Waals surface area contributed by atoms with Gasteiger partial charge >= 0.3 is 11.4 Å². The van der Waals surface area contributed by atoms with Crippen LogP contribution >= 0.6 is 0 Å². The van der Waals surface area contributed by atoms with Gasteiger partial charge in [-0.25, -0.2) is 9.59 Å². The Morgan fingerprint density at radius 2 is 1.18 bits per heavy atom. The molecule has 214 valence electrons. The first-order valence-electron chi connectivity index (χ1n) is 12.4. The maximum Gasteiger partial charge on any atom is 0.333 e. The van der Waals surface area contributed by atoms with Gasteiger partial charge in [0.25, 0.3) is 11.1 Å². The lowest BCUT2D eigenvalue weighted by Gasteiger charge is -2.19. The lowest BCUT2D eigenvalue weighted by atomic mass is 10.1. The van der Waals surface area contributed by atoms with Crippen molar-refractivity contribution in [3.63, 3.8) is 0 Å². The van der Waals surface area contributed by atoms with E-state index in [0.717, 1.165) is 18.3 Å². The fraction of sp³-hybridized carbons (Fsp3) is 0.636. The van der Waals surface area contributed by atoms with E-state index in [2.05, 4.69) is 20.1 Å². The molecule has 2 aliphatic heterocycles. The summed E-state index contributed by atoms with van der Waals surface area (Å²) >= 11 is 0. The molecule has 2 aromatic rings. The molecule has 0 unspecified atom stereocenters. The number of azide groups is 2. The van der Waals surface area contributed by atoms with Crippen LogP contribution in [0.2, 0.25) is 0 Å². The molecule has 2 aliphatic rings. The van der Waals surface area contributed by atoms with Crippen LogP contribution in [0.4, 0.5) is 0 Å². The van der Waals surface area contributed by atoms with Gasteiger partial charge in [0, 0.05) is 59.3 Å². The van der Waals surface area contributed by atoms with Crippen molar-refractivity contribution in [3.05, 3.63) is 86.1 Å². The first-order chi connectivity index (χ1) is 19.1. The Kier molecular flexibility index (Phi) is 8.58. The highest BCUT2D eigenvalue weighted by molar-refractivity contribution is 5.06. The van der Waals surface area contributed by atoms with Crippen LogP contribution in [0.1, 0.15) is 36.4 Å². The van der Waals surface area contributed by atoms with E-state index < -0.39 is 72.5 Å². The minimum absolute atomic E-state index is 0.0853. The van der Waals surface area contributed by atoms with Gasteiger partial charge in [0.1, 0.15) is 12.5 Å². The molecule has 18 nitrogen and oxygen atoms in total. The first-order valence-corrected chi connectivity index (χ1v) is 12.4. The molecule has 0 aliphatic carbocycles. The molecule has 2 fully saturated rings. The molecule has 2 saturated heterocycles. The zero-order chi connectivity index (χ0) is 29.1. The van der Waals surface area contributed by atoms with Gasteiger partial charge in [0.15, 0.2) is 0 Å². The maximum atomic E-state index is 13.3. The second-order valence-electron chi connectivity index (χ2n) is 9.56. The number of aliphatic hydroxyl groups excluding tert-OH is 2. The van der Waals surface area contributed by atoms with Crippen molar-refractivity contribution in [3.8, 4) is 0 Å². The van der Waals surface area contributed by atoms with Crippen LogP contribution in [-0.2, 0) is 22.6 Å². The van der Waals surface area contributed by atoms with Crippen molar-refractivity contribution in [1.29, 1.82) is 0 Å². The van der Waals surface area contributed by atoms with Gasteiger partial charge in [-0.3, -0.25) is 27.9 Å². The number of aryl methyl sites for hydroxylation is 2. The summed E-state index contributed by atoms with van der Waals surface area (Å²) < 4.78 is 15.4. The number of aliphatic hydroxyl groups is 2. The summed E-state index contributed by atoms with van der Waals surface area (Å²) in [5, 5.41) is 26.3. The maximum absolute atomic E-state index is 13.3. The van der Waals surface area contributed by atoms with Crippen molar-refractivity contribution < 1.29 is 19.7 Å². The Labute approximate surface area is 224 Å². The third kappa shape index (κ3) is 5.31. The van der Waals surface area contributed by atoms with E-state index in [-0.39, 0.29) is 37.1 Å². The minimum Gasteiger partial charge on any atom is -0.394 e. The average molecular weight is 561 g/mol. The summed E-state index contributed by atoms with van der Waals surface area (Å²) in [6, 6.07) is -1.45. The van der Waals surface area contributed by atoms with E-state index in [1.54, 1.807) is 0 Å². The molecule has 40 heavy (non-hydrogen) atoms. The summed E-state index contributed by atoms with van der Waals surface area (Å²) in [7, 11) is 0. The summed E-state index contributed by atoms with van der Waals surface area (Å²) in [5.74, 6) is 0. The summed E-state index contributed by atoms with van der Waals surface area (Å²) in [4.78, 5) is 57.9. The van der Waals surface area contributed by atoms with Gasteiger partial charge in [-0.05, 0) is 24.9 Å². The lowest BCUT2D eigenvalue weighted by molar-refractivity contribution is -0.0281. The largest absolute Gasteiger partial charge is 0.394 e. The fourth-order valence-corrected chi connectivity index (χ4v) is 5.00. The molecule has 2 aromatic heterocycles. The average Bonchev–Trinajstić information content (AvgIpc) is 3.54. The zero-order valence-corrected chi connectivity index (χ0v) is 21.7. The highest BCUT2D eigenvalue weighted by atomic mass is 16.5. The predicted molar refractivity (Wildman–Crippen MR) is 136 cm³/mol. The SMILES string of the molecule is Cc1cn([C@H]2C[C@H](N=[N+]=[N-])[C@@H](CO)O2)c(=O)n(CCn2c(=O)c(C)cn([C@H]3C[C@H](N=[N+]=[N-])[C@@H](CO)O3)c2=O)c1=O. The Bertz CT molecular complexity index is 1490. The Morgan fingerprint density at radius 3 is 1.50 bits per heavy atom. The van der Waals surface area contributed by atoms with Crippen LogP contribution < -0.4 is 22.5 Å². The highest BCUT2D eigenvalue weighted by Crippen LogP contribution is 2.31. The molecular formula is C22H28N10O8. The fourth-order valence-electron chi connectivity index (χ4n) is 5.00. The molecule has 2 N–H and O–H groups in total. The van der Waals surface area contributed by atoms with Gasteiger partial charge < -0.3 is 19.7 Å². The molecule has 0 saturated carbocycles. The topological polar surface area (TPSA) is 244 Å². The monoisotopic (exact) mass is 560 g/mol. The van der Waals surface area contributed by atoms with Crippen molar-refractivity contribution >= 4 is 0 Å². The van der Waals surface area contributed by atoms with Crippen molar-refractivity contribution in [2.24, 2.45) is 10.2 Å². The Hall–Kier alpha value is -4.18. The van der Waals surface area contributed by atoms with Crippen LogP contribution in [0.5, 0.6) is 0 Å². The Balaban J connectivity index is 1.66. The predicted octanol–water partition coefficient (Wildman–Crippen LogP) is -0.432. The lowest BCUT2D eigenvalue weighted by Crippen LogP contribution is -2.46. The van der Waals surface area contributed by atoms with Gasteiger partial charge in [-0.2, -0.15) is 0 Å². The van der Waals surface area contributed by atoms with E-state index >= 15 is 0 Å². The van der Waals surface area contributed by atoms with E-state index in [4.69, 9.17) is 20.5 Å². The second-order valence-corrected chi connectivity index (χ2v) is 9.56. The second kappa shape index (κ2) is 11.9. The summed E-state index contributed by atoms with van der Waals surface area (Å²) in [6.07, 6.45) is -0.734. The molecule has 4 rings (SSSR count). The van der Waals surface area contributed by atoms with Crippen molar-refractivity contribution in [1.82, 2.24) is 18.3 Å². The number of hydrogen-bond acceptors (Lipinski definition) is 10. The molecular weight excluding hydrogens is 532 g/mol. The standard InChI is InChI=1S/C22H28N10O8/c1-11-7-31(17-5-13(25-27-23)15(9-33)39-17)21(37)29(19(11)35)3-4-30-20(36)12(2)8-32(22(30)38)18-6-14(26-28-24)16(10-34)40-18/h7-8,13-18,33-34H,3-6,9-10H2,1-2H3/t13-,14-,15+,16+,17+,18+/m0/s1. The molecule has 0 spiro atoms. The number of rotatable bonds is 9. The van der Waals surface area contributed by atoms with Crippen molar-refractivity contribution in [2.45, 2.75) is 76.5 Å². The summed E-state index contributed by atoms with van der Waals surface area (Å²) in [5.41, 5.74) is 15.1. The molecule has 0 amide bonds. The van der Waals surface area contributed by atoms with Crippen LogP contribution in [0.15, 0.2) is 41.8 Å². The number of hydrogen-bond donors (Lipinski definition) is 2. The van der Waals surface area contributed by atoms with Crippen LogP contribution in [0.3, 0.4) is 0 Å². The normalized spacial score (nSPS) is 25.9. The van der Waals surface area contributed by atoms with Gasteiger partial charge in [0.05, 0.1) is 37.5 Å².